The van der Waals surface area contributed by atoms with Gasteiger partial charge in [-0.1, -0.05) is 4.58 Å². The number of amides is 1. The van der Waals surface area contributed by atoms with Crippen molar-refractivity contribution in [2.45, 2.75) is 19.8 Å². The average molecular weight is 186 g/mol. The quantitative estimate of drug-likeness (QED) is 0.604. The molecule has 0 aromatic carbocycles. The molecular formula is C8H12NO4+. The van der Waals surface area contributed by atoms with E-state index in [0.29, 0.717) is 6.42 Å². The minimum absolute atomic E-state index is 0.0640. The molecule has 0 aliphatic carbocycles. The molecule has 0 fully saturated rings. The van der Waals surface area contributed by atoms with Gasteiger partial charge in [-0.2, -0.15) is 4.79 Å². The zero-order valence-corrected chi connectivity index (χ0v) is 7.45. The van der Waals surface area contributed by atoms with E-state index in [1.165, 1.54) is 0 Å². The second-order valence-electron chi connectivity index (χ2n) is 2.74. The molecule has 0 saturated carbocycles. The Morgan fingerprint density at radius 2 is 2.31 bits per heavy atom. The van der Waals surface area contributed by atoms with E-state index in [0.717, 1.165) is 4.58 Å². The lowest BCUT2D eigenvalue weighted by molar-refractivity contribution is -0.448. The van der Waals surface area contributed by atoms with E-state index in [9.17, 15) is 14.7 Å². The molecule has 0 aromatic rings. The zero-order valence-electron chi connectivity index (χ0n) is 7.45. The lowest BCUT2D eigenvalue weighted by Crippen LogP contribution is -2.37. The maximum Gasteiger partial charge on any atom is 0.599 e. The van der Waals surface area contributed by atoms with Crippen molar-refractivity contribution in [1.29, 1.82) is 0 Å². The smallest absolute Gasteiger partial charge is 0.463 e. The van der Waals surface area contributed by atoms with Crippen LogP contribution in [-0.4, -0.2) is 40.6 Å². The first-order valence-corrected chi connectivity index (χ1v) is 4.16. The maximum atomic E-state index is 11.1. The lowest BCUT2D eigenvalue weighted by atomic mass is 10.1. The number of hydrogen-bond donors (Lipinski definition) is 1. The summed E-state index contributed by atoms with van der Waals surface area (Å²) in [6.07, 6.45) is -0.146. The minimum Gasteiger partial charge on any atom is -0.463 e. The van der Waals surface area contributed by atoms with E-state index in [2.05, 4.69) is 4.74 Å². The summed E-state index contributed by atoms with van der Waals surface area (Å²) in [5.41, 5.74) is 0. The molecule has 1 aliphatic rings. The number of aliphatic hydroxyl groups excluding tert-OH is 1. The number of carbonyl (C=O) groups excluding carboxylic acids is 2. The van der Waals surface area contributed by atoms with Crippen LogP contribution < -0.4 is 0 Å². The Morgan fingerprint density at radius 3 is 2.92 bits per heavy atom. The molecule has 72 valence electrons. The minimum atomic E-state index is -0.659. The van der Waals surface area contributed by atoms with Crippen LogP contribution in [0.1, 0.15) is 19.8 Å². The van der Waals surface area contributed by atoms with E-state index in [1.54, 1.807) is 6.92 Å². The summed E-state index contributed by atoms with van der Waals surface area (Å²) in [5, 5.41) is 9.27. The molecule has 0 spiro atoms. The second kappa shape index (κ2) is 4.02. The van der Waals surface area contributed by atoms with Crippen molar-refractivity contribution in [3.63, 3.8) is 0 Å². The van der Waals surface area contributed by atoms with E-state index < -0.39 is 6.09 Å². The monoisotopic (exact) mass is 186 g/mol. The van der Waals surface area contributed by atoms with Gasteiger partial charge in [0.25, 0.3) is 0 Å². The van der Waals surface area contributed by atoms with Crippen molar-refractivity contribution >= 4 is 17.8 Å². The molecule has 5 nitrogen and oxygen atoms in total. The average Bonchev–Trinajstić information content (AvgIpc) is 2.09. The number of hydrogen-bond acceptors (Lipinski definition) is 3. The molecule has 0 saturated heterocycles. The first-order valence-electron chi connectivity index (χ1n) is 4.16. The topological polar surface area (TPSA) is 66.6 Å². The van der Waals surface area contributed by atoms with Crippen LogP contribution in [0, 0.1) is 0 Å². The summed E-state index contributed by atoms with van der Waals surface area (Å²) in [6.45, 7) is 1.82. The predicted octanol–water partition coefficient (Wildman–Crippen LogP) is 0.475. The first kappa shape index (κ1) is 9.70. The van der Waals surface area contributed by atoms with E-state index in [-0.39, 0.29) is 31.3 Å². The highest BCUT2D eigenvalue weighted by Gasteiger charge is 2.32. The fraction of sp³-hybridized carbons (Fsp3) is 0.625. The number of ether oxygens (including phenoxy) is 1. The number of aliphatic hydroxyl groups is 1. The Bertz CT molecular complexity index is 269. The summed E-state index contributed by atoms with van der Waals surface area (Å²) in [4.78, 5) is 22.1. The number of nitrogens with zero attached hydrogens (tertiary/aromatic N) is 1. The van der Waals surface area contributed by atoms with Crippen LogP contribution in [0.15, 0.2) is 0 Å². The summed E-state index contributed by atoms with van der Waals surface area (Å²) in [6, 6.07) is 0. The van der Waals surface area contributed by atoms with Crippen molar-refractivity contribution in [3.05, 3.63) is 0 Å². The van der Waals surface area contributed by atoms with Gasteiger partial charge in [0, 0.05) is 6.42 Å². The number of rotatable bonds is 1. The molecule has 13 heavy (non-hydrogen) atoms. The molecule has 1 heterocycles. The van der Waals surface area contributed by atoms with Crippen LogP contribution in [0.3, 0.4) is 0 Å². The Labute approximate surface area is 75.6 Å². The number of carbonyl (C=O) groups is 2. The van der Waals surface area contributed by atoms with Crippen molar-refractivity contribution in [2.24, 2.45) is 0 Å². The van der Waals surface area contributed by atoms with Gasteiger partial charge in [0.1, 0.15) is 0 Å². The normalized spacial score (nSPS) is 17.5. The van der Waals surface area contributed by atoms with Gasteiger partial charge in [0.05, 0.1) is 13.0 Å². The third-order valence-electron chi connectivity index (χ3n) is 1.76. The van der Waals surface area contributed by atoms with Gasteiger partial charge in [-0.3, -0.25) is 4.79 Å². The standard InChI is InChI=1S/C8H11NO4/c1-2-13-8(12)9-5-6(10)3-4-7(9)11/h2-5H2,1H3/p+1. The predicted molar refractivity (Wildman–Crippen MR) is 44.0 cm³/mol. The molecule has 1 N–H and O–H groups in total. The molecule has 5 heteroatoms. The molecule has 0 bridgehead atoms. The molecule has 0 atom stereocenters. The molecule has 0 radical (unpaired) electrons. The van der Waals surface area contributed by atoms with Crippen LogP contribution in [0.2, 0.25) is 0 Å². The van der Waals surface area contributed by atoms with Gasteiger partial charge < -0.3 is 9.84 Å². The number of ketones is 1. The summed E-state index contributed by atoms with van der Waals surface area (Å²) in [5.74, 6) is -0.149. The Hall–Kier alpha value is -1.39. The SMILES string of the molecule is CCOC(=O)[N+]1=C(O)CCC(=O)C1. The van der Waals surface area contributed by atoms with Crippen LogP contribution in [-0.2, 0) is 9.53 Å². The van der Waals surface area contributed by atoms with Crippen molar-refractivity contribution in [1.82, 2.24) is 0 Å². The van der Waals surface area contributed by atoms with Crippen molar-refractivity contribution in [2.75, 3.05) is 13.2 Å². The highest BCUT2D eigenvalue weighted by atomic mass is 16.6. The fourth-order valence-electron chi connectivity index (χ4n) is 1.10. The first-order chi connectivity index (χ1) is 6.15. The van der Waals surface area contributed by atoms with Crippen molar-refractivity contribution < 1.29 is 24.0 Å². The van der Waals surface area contributed by atoms with Gasteiger partial charge in [-0.25, -0.2) is 0 Å². The largest absolute Gasteiger partial charge is 0.599 e. The van der Waals surface area contributed by atoms with Gasteiger partial charge >= 0.3 is 12.0 Å². The van der Waals surface area contributed by atoms with Crippen LogP contribution in [0.4, 0.5) is 4.79 Å². The molecule has 1 amide bonds. The van der Waals surface area contributed by atoms with Gasteiger partial charge in [0.2, 0.25) is 6.54 Å². The van der Waals surface area contributed by atoms with E-state index in [1.807, 2.05) is 0 Å². The van der Waals surface area contributed by atoms with E-state index >= 15 is 0 Å². The van der Waals surface area contributed by atoms with Crippen molar-refractivity contribution in [3.8, 4) is 0 Å². The molecule has 0 aromatic heterocycles. The highest BCUT2D eigenvalue weighted by Crippen LogP contribution is 2.02. The molecule has 0 unspecified atom stereocenters. The van der Waals surface area contributed by atoms with E-state index in [4.69, 9.17) is 0 Å². The maximum absolute atomic E-state index is 11.1. The van der Waals surface area contributed by atoms with Gasteiger partial charge in [-0.05, 0) is 6.92 Å². The zero-order chi connectivity index (χ0) is 9.84. The van der Waals surface area contributed by atoms with Gasteiger partial charge in [0.15, 0.2) is 5.78 Å². The third-order valence-corrected chi connectivity index (χ3v) is 1.76. The Balaban J connectivity index is 2.75. The summed E-state index contributed by atoms with van der Waals surface area (Å²) < 4.78 is 5.62. The Kier molecular flexibility index (Phi) is 3.00. The number of Topliss-reactive ketones (excluding diaryl/α,β-unsaturated/α-hetero) is 1. The summed E-state index contributed by atoms with van der Waals surface area (Å²) in [7, 11) is 0. The molecule has 1 rings (SSSR count). The van der Waals surface area contributed by atoms with Crippen LogP contribution in [0.25, 0.3) is 0 Å². The lowest BCUT2D eigenvalue weighted by Gasteiger charge is -2.06. The van der Waals surface area contributed by atoms with Crippen LogP contribution in [0.5, 0.6) is 0 Å². The molecular weight excluding hydrogens is 174 g/mol. The van der Waals surface area contributed by atoms with Crippen LogP contribution >= 0.6 is 0 Å². The van der Waals surface area contributed by atoms with Gasteiger partial charge in [-0.15, -0.1) is 0 Å². The second-order valence-corrected chi connectivity index (χ2v) is 2.74. The summed E-state index contributed by atoms with van der Waals surface area (Å²) >= 11 is 0. The fourth-order valence-corrected chi connectivity index (χ4v) is 1.10. The molecule has 1 aliphatic heterocycles. The Morgan fingerprint density at radius 1 is 1.62 bits per heavy atom. The highest BCUT2D eigenvalue weighted by molar-refractivity contribution is 5.89. The third kappa shape index (κ3) is 2.27.